The summed E-state index contributed by atoms with van der Waals surface area (Å²) in [5.74, 6) is 2.63. The van der Waals surface area contributed by atoms with E-state index in [1.54, 1.807) is 0 Å². The molecule has 0 bridgehead atoms. The van der Waals surface area contributed by atoms with Gasteiger partial charge in [-0.3, -0.25) is 9.13 Å². The van der Waals surface area contributed by atoms with Gasteiger partial charge in [0.05, 0.1) is 27.8 Å². The molecule has 0 radical (unpaired) electrons. The maximum atomic E-state index is 5.32. The van der Waals surface area contributed by atoms with Gasteiger partial charge < -0.3 is 0 Å². The first-order valence-corrected chi connectivity index (χ1v) is 18.1. The van der Waals surface area contributed by atoms with Crippen LogP contribution in [0.15, 0.2) is 146 Å². The maximum absolute atomic E-state index is 5.32. The fourth-order valence-corrected chi connectivity index (χ4v) is 7.53. The Morgan fingerprint density at radius 3 is 1.45 bits per heavy atom. The quantitative estimate of drug-likeness (QED) is 0.162. The minimum absolute atomic E-state index is 0.300. The molecule has 4 nitrogen and oxygen atoms in total. The molecular weight excluding hydrogens is 621 g/mol. The standard InChI is InChI=1S/C47H44N4/c1-31(2)38-23-16-24-39(32(3)4)44(38)51-43-28-13-11-26-41(43)49-46(51)34-18-15-20-36(30-34)47(5,6)35-19-14-17-33(29-35)45-48-40-25-10-12-27-42(40)50(45)37-21-8-7-9-22-37/h7-32H,1-6H3. The molecule has 0 fully saturated rings. The van der Waals surface area contributed by atoms with Gasteiger partial charge >= 0.3 is 0 Å². The van der Waals surface area contributed by atoms with Gasteiger partial charge in [-0.05, 0) is 82.6 Å². The monoisotopic (exact) mass is 664 g/mol. The second kappa shape index (κ2) is 12.9. The van der Waals surface area contributed by atoms with Crippen LogP contribution in [0.1, 0.15) is 75.6 Å². The smallest absolute Gasteiger partial charge is 0.145 e. The summed E-state index contributed by atoms with van der Waals surface area (Å²) < 4.78 is 4.69. The molecule has 8 aromatic rings. The van der Waals surface area contributed by atoms with E-state index in [4.69, 9.17) is 9.97 Å². The van der Waals surface area contributed by atoms with Crippen LogP contribution in [-0.4, -0.2) is 19.1 Å². The molecular formula is C47H44N4. The van der Waals surface area contributed by atoms with Crippen LogP contribution in [0, 0.1) is 0 Å². The molecule has 2 heterocycles. The lowest BCUT2D eigenvalue weighted by atomic mass is 9.77. The summed E-state index contributed by atoms with van der Waals surface area (Å²) in [6.45, 7) is 13.8. The Morgan fingerprint density at radius 1 is 0.471 bits per heavy atom. The predicted octanol–water partition coefficient (Wildman–Crippen LogP) is 12.3. The Morgan fingerprint density at radius 2 is 0.922 bits per heavy atom. The average molecular weight is 665 g/mol. The summed E-state index contributed by atoms with van der Waals surface area (Å²) in [5.41, 5.74) is 13.6. The minimum atomic E-state index is -0.300. The van der Waals surface area contributed by atoms with Gasteiger partial charge in [0.1, 0.15) is 11.6 Å². The van der Waals surface area contributed by atoms with E-state index in [-0.39, 0.29) is 5.41 Å². The Kier molecular flexibility index (Phi) is 8.18. The highest BCUT2D eigenvalue weighted by atomic mass is 15.1. The molecule has 0 amide bonds. The van der Waals surface area contributed by atoms with Crippen LogP contribution in [0.25, 0.3) is 56.2 Å². The predicted molar refractivity (Wildman–Crippen MR) is 213 cm³/mol. The maximum Gasteiger partial charge on any atom is 0.145 e. The van der Waals surface area contributed by atoms with Crippen LogP contribution in [0.3, 0.4) is 0 Å². The SMILES string of the molecule is CC(C)c1cccc(C(C)C)c1-n1c(-c2cccc(C(C)(C)c3cccc(-c4nc5ccccc5n4-c4ccccc4)c3)c2)nc2ccccc21. The third-order valence-electron chi connectivity index (χ3n) is 10.4. The Hall–Kier alpha value is -5.74. The Labute approximate surface area is 301 Å². The summed E-state index contributed by atoms with van der Waals surface area (Å²) in [6.07, 6.45) is 0. The van der Waals surface area contributed by atoms with Crippen molar-refractivity contribution >= 4 is 22.1 Å². The van der Waals surface area contributed by atoms with Crippen LogP contribution in [0.4, 0.5) is 0 Å². The van der Waals surface area contributed by atoms with Crippen molar-refractivity contribution in [2.45, 2.75) is 58.8 Å². The summed E-state index contributed by atoms with van der Waals surface area (Å²) in [5, 5.41) is 0. The minimum Gasteiger partial charge on any atom is -0.292 e. The molecule has 8 rings (SSSR count). The van der Waals surface area contributed by atoms with Crippen molar-refractivity contribution in [1.29, 1.82) is 0 Å². The number of nitrogens with zero attached hydrogens (tertiary/aromatic N) is 4. The highest BCUT2D eigenvalue weighted by Crippen LogP contribution is 2.40. The third kappa shape index (κ3) is 5.65. The summed E-state index contributed by atoms with van der Waals surface area (Å²) >= 11 is 0. The number of rotatable bonds is 8. The average Bonchev–Trinajstić information content (AvgIpc) is 3.74. The van der Waals surface area contributed by atoms with Crippen LogP contribution >= 0.6 is 0 Å². The van der Waals surface area contributed by atoms with Crippen molar-refractivity contribution in [3.8, 4) is 34.2 Å². The van der Waals surface area contributed by atoms with Crippen LogP contribution in [0.2, 0.25) is 0 Å². The van der Waals surface area contributed by atoms with E-state index in [1.165, 1.54) is 27.9 Å². The Bertz CT molecular complexity index is 2490. The van der Waals surface area contributed by atoms with E-state index < -0.39 is 0 Å². The molecule has 6 aromatic carbocycles. The first-order valence-electron chi connectivity index (χ1n) is 18.1. The van der Waals surface area contributed by atoms with Gasteiger partial charge in [-0.25, -0.2) is 9.97 Å². The highest BCUT2D eigenvalue weighted by molar-refractivity contribution is 5.85. The second-order valence-corrected chi connectivity index (χ2v) is 14.7. The van der Waals surface area contributed by atoms with Gasteiger partial charge in [-0.2, -0.15) is 0 Å². The molecule has 0 aliphatic rings. The van der Waals surface area contributed by atoms with Crippen LogP contribution < -0.4 is 0 Å². The van der Waals surface area contributed by atoms with Crippen molar-refractivity contribution in [2.24, 2.45) is 0 Å². The molecule has 51 heavy (non-hydrogen) atoms. The number of hydrogen-bond donors (Lipinski definition) is 0. The summed E-state index contributed by atoms with van der Waals surface area (Å²) in [6, 6.07) is 52.1. The van der Waals surface area contributed by atoms with Crippen molar-refractivity contribution in [1.82, 2.24) is 19.1 Å². The first-order chi connectivity index (χ1) is 24.7. The fraction of sp³-hybridized carbons (Fsp3) is 0.191. The van der Waals surface area contributed by atoms with Crippen molar-refractivity contribution in [2.75, 3.05) is 0 Å². The lowest BCUT2D eigenvalue weighted by Crippen LogP contribution is -2.19. The third-order valence-corrected chi connectivity index (χ3v) is 10.4. The Balaban J connectivity index is 1.27. The molecule has 252 valence electrons. The van der Waals surface area contributed by atoms with Crippen molar-refractivity contribution < 1.29 is 0 Å². The topological polar surface area (TPSA) is 35.6 Å². The van der Waals surface area contributed by atoms with E-state index in [2.05, 4.69) is 196 Å². The lowest BCUT2D eigenvalue weighted by Gasteiger charge is -2.27. The first kappa shape index (κ1) is 32.5. The summed E-state index contributed by atoms with van der Waals surface area (Å²) in [4.78, 5) is 10.5. The number of hydrogen-bond acceptors (Lipinski definition) is 2. The molecule has 0 unspecified atom stereocenters. The normalized spacial score (nSPS) is 12.1. The number of aromatic nitrogens is 4. The van der Waals surface area contributed by atoms with Gasteiger partial charge in [0.25, 0.3) is 0 Å². The molecule has 0 aliphatic carbocycles. The highest BCUT2D eigenvalue weighted by Gasteiger charge is 2.27. The zero-order valence-corrected chi connectivity index (χ0v) is 30.3. The van der Waals surface area contributed by atoms with E-state index in [1.807, 2.05) is 0 Å². The number of benzene rings is 6. The van der Waals surface area contributed by atoms with Gasteiger partial charge in [0.2, 0.25) is 0 Å². The van der Waals surface area contributed by atoms with E-state index >= 15 is 0 Å². The van der Waals surface area contributed by atoms with Crippen LogP contribution in [0.5, 0.6) is 0 Å². The van der Waals surface area contributed by atoms with E-state index in [0.717, 1.165) is 50.5 Å². The molecule has 0 saturated carbocycles. The van der Waals surface area contributed by atoms with E-state index in [0.29, 0.717) is 11.8 Å². The zero-order valence-electron chi connectivity index (χ0n) is 30.3. The second-order valence-electron chi connectivity index (χ2n) is 14.7. The molecule has 0 spiro atoms. The molecule has 2 aromatic heterocycles. The lowest BCUT2D eigenvalue weighted by molar-refractivity contribution is 0.641. The van der Waals surface area contributed by atoms with Gasteiger partial charge in [-0.1, -0.05) is 139 Å². The zero-order chi connectivity index (χ0) is 35.3. The fourth-order valence-electron chi connectivity index (χ4n) is 7.53. The van der Waals surface area contributed by atoms with Crippen molar-refractivity contribution in [3.05, 3.63) is 168 Å². The van der Waals surface area contributed by atoms with E-state index in [9.17, 15) is 0 Å². The van der Waals surface area contributed by atoms with Crippen LogP contribution in [-0.2, 0) is 5.41 Å². The van der Waals surface area contributed by atoms with Crippen molar-refractivity contribution in [3.63, 3.8) is 0 Å². The molecule has 0 saturated heterocycles. The number of para-hydroxylation sites is 6. The molecule has 0 aliphatic heterocycles. The molecule has 0 atom stereocenters. The molecule has 0 N–H and O–H groups in total. The van der Waals surface area contributed by atoms with Gasteiger partial charge in [0.15, 0.2) is 0 Å². The molecule has 4 heteroatoms. The summed E-state index contributed by atoms with van der Waals surface area (Å²) in [7, 11) is 0. The van der Waals surface area contributed by atoms with Gasteiger partial charge in [-0.15, -0.1) is 0 Å². The van der Waals surface area contributed by atoms with Gasteiger partial charge in [0, 0.05) is 22.2 Å². The largest absolute Gasteiger partial charge is 0.292 e. The number of fused-ring (bicyclic) bond motifs is 2. The number of imidazole rings is 2.